The molecule has 0 aliphatic rings. The fourth-order valence-electron chi connectivity index (χ4n) is 1.82. The molecule has 5 nitrogen and oxygen atoms in total. The summed E-state index contributed by atoms with van der Waals surface area (Å²) in [6.45, 7) is 2.93. The summed E-state index contributed by atoms with van der Waals surface area (Å²) in [4.78, 5) is 12.5. The fraction of sp³-hybridized carbons (Fsp3) is 0.538. The largest absolute Gasteiger partial charge is 0.393 e. The van der Waals surface area contributed by atoms with Crippen LogP contribution in [0.4, 0.5) is 11.4 Å². The normalized spacial score (nSPS) is 12.6. The quantitative estimate of drug-likeness (QED) is 0.473. The van der Waals surface area contributed by atoms with Crippen LogP contribution in [0.2, 0.25) is 0 Å². The zero-order valence-corrected chi connectivity index (χ0v) is 12.4. The van der Waals surface area contributed by atoms with E-state index in [0.29, 0.717) is 6.04 Å². The lowest BCUT2D eigenvalue weighted by Gasteiger charge is -2.24. The first-order valence-corrected chi connectivity index (χ1v) is 7.57. The van der Waals surface area contributed by atoms with Crippen molar-refractivity contribution in [2.24, 2.45) is 0 Å². The van der Waals surface area contributed by atoms with E-state index in [4.69, 9.17) is 5.73 Å². The number of rotatable bonds is 7. The number of nitro groups is 1. The van der Waals surface area contributed by atoms with E-state index in [2.05, 4.69) is 25.1 Å². The van der Waals surface area contributed by atoms with Crippen LogP contribution < -0.4 is 5.73 Å². The number of nitrogens with zero attached hydrogens (tertiary/aromatic N) is 2. The molecule has 0 saturated heterocycles. The molecule has 1 aromatic carbocycles. The maximum absolute atomic E-state index is 10.7. The number of hydrogen-bond donors (Lipinski definition) is 1. The maximum atomic E-state index is 10.7. The van der Waals surface area contributed by atoms with E-state index in [1.54, 1.807) is 12.1 Å². The Labute approximate surface area is 118 Å². The highest BCUT2D eigenvalue weighted by atomic mass is 32.2. The van der Waals surface area contributed by atoms with Gasteiger partial charge >= 0.3 is 0 Å². The topological polar surface area (TPSA) is 72.4 Å². The first-order chi connectivity index (χ1) is 8.95. The molecule has 0 radical (unpaired) electrons. The van der Waals surface area contributed by atoms with Crippen LogP contribution in [-0.2, 0) is 6.54 Å². The van der Waals surface area contributed by atoms with Crippen LogP contribution in [0, 0.1) is 10.1 Å². The lowest BCUT2D eigenvalue weighted by atomic mass is 10.1. The molecule has 6 heteroatoms. The molecule has 19 heavy (non-hydrogen) atoms. The molecule has 0 amide bonds. The van der Waals surface area contributed by atoms with Crippen molar-refractivity contribution in [1.29, 1.82) is 0 Å². The average Bonchev–Trinajstić information content (AvgIpc) is 2.35. The minimum absolute atomic E-state index is 0.0261. The van der Waals surface area contributed by atoms with Crippen molar-refractivity contribution in [3.63, 3.8) is 0 Å². The van der Waals surface area contributed by atoms with Gasteiger partial charge in [0.05, 0.1) is 4.92 Å². The van der Waals surface area contributed by atoms with Gasteiger partial charge < -0.3 is 5.73 Å². The van der Waals surface area contributed by atoms with Gasteiger partial charge in [-0.2, -0.15) is 11.8 Å². The fourth-order valence-corrected chi connectivity index (χ4v) is 2.40. The number of thioether (sulfide) groups is 1. The van der Waals surface area contributed by atoms with Gasteiger partial charge in [-0.15, -0.1) is 0 Å². The van der Waals surface area contributed by atoms with Crippen molar-refractivity contribution in [2.75, 3.05) is 24.8 Å². The lowest BCUT2D eigenvalue weighted by Crippen LogP contribution is -2.29. The smallest absolute Gasteiger partial charge is 0.292 e. The molecule has 0 saturated carbocycles. The second-order valence-corrected chi connectivity index (χ2v) is 5.68. The van der Waals surface area contributed by atoms with Crippen LogP contribution >= 0.6 is 11.8 Å². The van der Waals surface area contributed by atoms with Crippen LogP contribution in [0.25, 0.3) is 0 Å². The monoisotopic (exact) mass is 283 g/mol. The summed E-state index contributed by atoms with van der Waals surface area (Å²) in [6, 6.07) is 5.41. The Morgan fingerprint density at radius 3 is 2.74 bits per heavy atom. The number of nitrogens with two attached hydrogens (primary N) is 1. The highest BCUT2D eigenvalue weighted by Crippen LogP contribution is 2.23. The Bertz CT molecular complexity index is 440. The van der Waals surface area contributed by atoms with Crippen molar-refractivity contribution >= 4 is 23.1 Å². The summed E-state index contributed by atoms with van der Waals surface area (Å²) in [5.41, 5.74) is 6.90. The molecule has 0 aliphatic carbocycles. The minimum Gasteiger partial charge on any atom is -0.393 e. The standard InChI is InChI=1S/C13H21N3O2S/c1-10(6-7-19-3)15(2)9-11-4-5-13(16(17)18)12(14)8-11/h4-5,8,10H,6-7,9,14H2,1-3H3. The van der Waals surface area contributed by atoms with Crippen molar-refractivity contribution in [3.8, 4) is 0 Å². The van der Waals surface area contributed by atoms with Gasteiger partial charge in [-0.25, -0.2) is 0 Å². The molecule has 0 spiro atoms. The molecule has 1 atom stereocenters. The van der Waals surface area contributed by atoms with Gasteiger partial charge in [-0.05, 0) is 44.0 Å². The van der Waals surface area contributed by atoms with Gasteiger partial charge in [-0.1, -0.05) is 6.07 Å². The Kier molecular flexibility index (Phi) is 6.11. The first-order valence-electron chi connectivity index (χ1n) is 6.17. The lowest BCUT2D eigenvalue weighted by molar-refractivity contribution is -0.383. The number of nitro benzene ring substituents is 1. The summed E-state index contributed by atoms with van der Waals surface area (Å²) in [5.74, 6) is 1.13. The molecule has 1 unspecified atom stereocenters. The van der Waals surface area contributed by atoms with Gasteiger partial charge in [0, 0.05) is 18.7 Å². The van der Waals surface area contributed by atoms with E-state index in [1.807, 2.05) is 11.8 Å². The van der Waals surface area contributed by atoms with Crippen LogP contribution in [0.1, 0.15) is 18.9 Å². The van der Waals surface area contributed by atoms with Gasteiger partial charge in [0.2, 0.25) is 0 Å². The molecule has 0 heterocycles. The molecular formula is C13H21N3O2S. The molecule has 0 aliphatic heterocycles. The second-order valence-electron chi connectivity index (χ2n) is 4.70. The zero-order chi connectivity index (χ0) is 14.4. The average molecular weight is 283 g/mol. The molecule has 0 aromatic heterocycles. The van der Waals surface area contributed by atoms with Crippen molar-refractivity contribution in [2.45, 2.75) is 25.9 Å². The predicted molar refractivity (Wildman–Crippen MR) is 81.4 cm³/mol. The summed E-state index contributed by atoms with van der Waals surface area (Å²) >= 11 is 1.84. The number of nitrogen functional groups attached to an aromatic ring is 1. The zero-order valence-electron chi connectivity index (χ0n) is 11.6. The summed E-state index contributed by atoms with van der Waals surface area (Å²) in [6.07, 6.45) is 3.23. The van der Waals surface area contributed by atoms with E-state index >= 15 is 0 Å². The third-order valence-electron chi connectivity index (χ3n) is 3.21. The van der Waals surface area contributed by atoms with Crippen molar-refractivity contribution in [3.05, 3.63) is 33.9 Å². The third kappa shape index (κ3) is 4.72. The van der Waals surface area contributed by atoms with Crippen molar-refractivity contribution in [1.82, 2.24) is 4.90 Å². The highest BCUT2D eigenvalue weighted by Gasteiger charge is 2.13. The number of anilines is 1. The van der Waals surface area contributed by atoms with Crippen LogP contribution in [-0.4, -0.2) is 34.9 Å². The van der Waals surface area contributed by atoms with Crippen LogP contribution in [0.5, 0.6) is 0 Å². The van der Waals surface area contributed by atoms with E-state index in [9.17, 15) is 10.1 Å². The van der Waals surface area contributed by atoms with Crippen molar-refractivity contribution < 1.29 is 4.92 Å². The predicted octanol–water partition coefficient (Wildman–Crippen LogP) is 2.75. The highest BCUT2D eigenvalue weighted by molar-refractivity contribution is 7.98. The number of benzene rings is 1. The second kappa shape index (κ2) is 7.35. The van der Waals surface area contributed by atoms with E-state index < -0.39 is 4.92 Å². The van der Waals surface area contributed by atoms with Gasteiger partial charge in [-0.3, -0.25) is 15.0 Å². The van der Waals surface area contributed by atoms with E-state index in [1.165, 1.54) is 6.07 Å². The molecule has 106 valence electrons. The SMILES string of the molecule is CSCCC(C)N(C)Cc1ccc([N+](=O)[O-])c(N)c1. The Hall–Kier alpha value is -1.27. The Morgan fingerprint density at radius 1 is 1.53 bits per heavy atom. The minimum atomic E-state index is -0.454. The number of hydrogen-bond acceptors (Lipinski definition) is 5. The van der Waals surface area contributed by atoms with Crippen LogP contribution in [0.3, 0.4) is 0 Å². The summed E-state index contributed by atoms with van der Waals surface area (Å²) in [5, 5.41) is 10.7. The van der Waals surface area contributed by atoms with E-state index in [0.717, 1.165) is 24.3 Å². The molecule has 1 aromatic rings. The van der Waals surface area contributed by atoms with Gasteiger partial charge in [0.1, 0.15) is 5.69 Å². The summed E-state index contributed by atoms with van der Waals surface area (Å²) in [7, 11) is 2.06. The maximum Gasteiger partial charge on any atom is 0.292 e. The van der Waals surface area contributed by atoms with Gasteiger partial charge in [0.25, 0.3) is 5.69 Å². The molecule has 0 bridgehead atoms. The molecule has 2 N–H and O–H groups in total. The Morgan fingerprint density at radius 2 is 2.21 bits per heavy atom. The van der Waals surface area contributed by atoms with Gasteiger partial charge in [0.15, 0.2) is 0 Å². The summed E-state index contributed by atoms with van der Waals surface area (Å²) < 4.78 is 0. The molecule has 0 fully saturated rings. The molecule has 1 rings (SSSR count). The van der Waals surface area contributed by atoms with E-state index in [-0.39, 0.29) is 11.4 Å². The van der Waals surface area contributed by atoms with Crippen LogP contribution in [0.15, 0.2) is 18.2 Å². The third-order valence-corrected chi connectivity index (χ3v) is 3.86. The first kappa shape index (κ1) is 15.8. The Balaban J connectivity index is 2.67. The molecular weight excluding hydrogens is 262 g/mol.